The van der Waals surface area contributed by atoms with E-state index in [1.54, 1.807) is 6.92 Å². The van der Waals surface area contributed by atoms with Gasteiger partial charge < -0.3 is 15.2 Å². The molecule has 7 nitrogen and oxygen atoms in total. The Morgan fingerprint density at radius 1 is 1.25 bits per heavy atom. The molecule has 0 aromatic carbocycles. The highest BCUT2D eigenvalue weighted by Crippen LogP contribution is 2.37. The molecular weight excluding hydrogens is 308 g/mol. The van der Waals surface area contributed by atoms with Crippen molar-refractivity contribution in [2.75, 3.05) is 6.54 Å². The Hall–Kier alpha value is -1.92. The second-order valence-electron chi connectivity index (χ2n) is 7.58. The Balaban J connectivity index is 1.83. The maximum Gasteiger partial charge on any atom is 0.225 e. The van der Waals surface area contributed by atoms with Gasteiger partial charge in [0.2, 0.25) is 17.7 Å². The molecule has 1 saturated carbocycles. The molecule has 24 heavy (non-hydrogen) atoms. The van der Waals surface area contributed by atoms with Gasteiger partial charge in [-0.2, -0.15) is 4.98 Å². The van der Waals surface area contributed by atoms with E-state index in [0.717, 1.165) is 25.7 Å². The fourth-order valence-electron chi connectivity index (χ4n) is 2.92. The number of aryl methyl sites for hydroxylation is 1. The molecule has 2 N–H and O–H groups in total. The number of amides is 2. The largest absolute Gasteiger partial charge is 0.356 e. The zero-order valence-corrected chi connectivity index (χ0v) is 15.1. The Morgan fingerprint density at radius 3 is 2.46 bits per heavy atom. The summed E-state index contributed by atoms with van der Waals surface area (Å²) in [5, 5.41) is 9.97. The van der Waals surface area contributed by atoms with Crippen LogP contribution in [0.25, 0.3) is 0 Å². The highest BCUT2D eigenvalue weighted by atomic mass is 16.5. The van der Waals surface area contributed by atoms with Crippen LogP contribution < -0.4 is 10.6 Å². The van der Waals surface area contributed by atoms with E-state index in [-0.39, 0.29) is 11.8 Å². The predicted octanol–water partition coefficient (Wildman–Crippen LogP) is 2.21. The van der Waals surface area contributed by atoms with E-state index in [0.29, 0.717) is 31.1 Å². The number of nitrogens with zero attached hydrogens (tertiary/aromatic N) is 2. The first kappa shape index (κ1) is 18.4. The highest BCUT2D eigenvalue weighted by Gasteiger charge is 2.41. The molecule has 1 aromatic heterocycles. The summed E-state index contributed by atoms with van der Waals surface area (Å²) in [6.45, 7) is 7.85. The quantitative estimate of drug-likeness (QED) is 0.776. The van der Waals surface area contributed by atoms with Gasteiger partial charge in [0.05, 0.1) is 0 Å². The van der Waals surface area contributed by atoms with Crippen molar-refractivity contribution in [3.05, 3.63) is 11.7 Å². The van der Waals surface area contributed by atoms with Gasteiger partial charge in [-0.25, -0.2) is 0 Å². The minimum Gasteiger partial charge on any atom is -0.356 e. The molecule has 0 unspecified atom stereocenters. The summed E-state index contributed by atoms with van der Waals surface area (Å²) in [6, 6.07) is 0. The van der Waals surface area contributed by atoms with Crippen LogP contribution in [-0.2, 0) is 15.1 Å². The van der Waals surface area contributed by atoms with Gasteiger partial charge in [-0.05, 0) is 19.3 Å². The monoisotopic (exact) mass is 336 g/mol. The zero-order chi connectivity index (χ0) is 17.8. The van der Waals surface area contributed by atoms with Crippen LogP contribution in [0.15, 0.2) is 4.52 Å². The van der Waals surface area contributed by atoms with E-state index in [9.17, 15) is 9.59 Å². The van der Waals surface area contributed by atoms with Crippen molar-refractivity contribution < 1.29 is 14.1 Å². The van der Waals surface area contributed by atoms with E-state index in [4.69, 9.17) is 4.52 Å². The van der Waals surface area contributed by atoms with Crippen LogP contribution in [0, 0.1) is 12.3 Å². The van der Waals surface area contributed by atoms with Gasteiger partial charge in [0, 0.05) is 25.3 Å². The molecule has 2 rings (SSSR count). The molecule has 0 bridgehead atoms. The van der Waals surface area contributed by atoms with Crippen LogP contribution in [0.2, 0.25) is 0 Å². The summed E-state index contributed by atoms with van der Waals surface area (Å²) < 4.78 is 5.08. The second-order valence-corrected chi connectivity index (χ2v) is 7.58. The lowest BCUT2D eigenvalue weighted by Gasteiger charge is -2.26. The minimum atomic E-state index is -0.497. The molecule has 7 heteroatoms. The molecule has 0 saturated heterocycles. The van der Waals surface area contributed by atoms with Gasteiger partial charge in [-0.1, -0.05) is 38.8 Å². The van der Waals surface area contributed by atoms with Gasteiger partial charge in [-0.15, -0.1) is 0 Å². The van der Waals surface area contributed by atoms with Crippen molar-refractivity contribution in [3.63, 3.8) is 0 Å². The molecule has 134 valence electrons. The summed E-state index contributed by atoms with van der Waals surface area (Å²) in [7, 11) is 0. The fourth-order valence-corrected chi connectivity index (χ4v) is 2.92. The standard InChI is InChI=1S/C17H28N4O3/c1-12-19-14(21-24-12)17(9-5-6-10-17)20-13(22)8-7-11-18-15(23)16(2,3)4/h5-11H2,1-4H3,(H,18,23)(H,20,22). The third-order valence-corrected chi connectivity index (χ3v) is 4.34. The lowest BCUT2D eigenvalue weighted by atomic mass is 9.95. The first-order valence-electron chi connectivity index (χ1n) is 8.63. The van der Waals surface area contributed by atoms with E-state index in [1.165, 1.54) is 0 Å². The Kier molecular flexibility index (Phi) is 5.62. The highest BCUT2D eigenvalue weighted by molar-refractivity contribution is 5.81. The van der Waals surface area contributed by atoms with Crippen LogP contribution in [0.3, 0.4) is 0 Å². The van der Waals surface area contributed by atoms with Crippen LogP contribution in [0.5, 0.6) is 0 Å². The van der Waals surface area contributed by atoms with Crippen LogP contribution >= 0.6 is 0 Å². The number of carbonyl (C=O) groups excluding carboxylic acids is 2. The summed E-state index contributed by atoms with van der Waals surface area (Å²) in [5.41, 5.74) is -0.907. The van der Waals surface area contributed by atoms with Crippen LogP contribution in [0.1, 0.15) is 71.0 Å². The second kappa shape index (κ2) is 7.32. The number of carbonyl (C=O) groups is 2. The third kappa shape index (κ3) is 4.55. The fraction of sp³-hybridized carbons (Fsp3) is 0.765. The topological polar surface area (TPSA) is 97.1 Å². The molecule has 2 amide bonds. The molecule has 1 aliphatic rings. The smallest absolute Gasteiger partial charge is 0.225 e. The molecule has 1 aliphatic carbocycles. The maximum absolute atomic E-state index is 12.3. The summed E-state index contributed by atoms with van der Waals surface area (Å²) >= 11 is 0. The maximum atomic E-state index is 12.3. The third-order valence-electron chi connectivity index (χ3n) is 4.34. The minimum absolute atomic E-state index is 0.00237. The average Bonchev–Trinajstić information content (AvgIpc) is 3.12. The molecular formula is C17H28N4O3. The van der Waals surface area contributed by atoms with Crippen molar-refractivity contribution in [3.8, 4) is 0 Å². The number of hydrogen-bond donors (Lipinski definition) is 2. The van der Waals surface area contributed by atoms with Crippen molar-refractivity contribution in [2.24, 2.45) is 5.41 Å². The van der Waals surface area contributed by atoms with Crippen LogP contribution in [0.4, 0.5) is 0 Å². The van der Waals surface area contributed by atoms with Crippen molar-refractivity contribution >= 4 is 11.8 Å². The normalized spacial score (nSPS) is 16.8. The summed E-state index contributed by atoms with van der Waals surface area (Å²) in [4.78, 5) is 28.4. The lowest BCUT2D eigenvalue weighted by Crippen LogP contribution is -2.45. The SMILES string of the molecule is Cc1nc(C2(NC(=O)CCCNC(=O)C(C)(C)C)CCCC2)no1. The van der Waals surface area contributed by atoms with Gasteiger partial charge in [0.15, 0.2) is 5.82 Å². The van der Waals surface area contributed by atoms with Crippen molar-refractivity contribution in [1.29, 1.82) is 0 Å². The molecule has 0 spiro atoms. The molecule has 1 heterocycles. The molecule has 1 aromatic rings. The first-order chi connectivity index (χ1) is 11.2. The number of rotatable bonds is 6. The number of nitrogens with one attached hydrogen (secondary N) is 2. The van der Waals surface area contributed by atoms with E-state index in [1.807, 2.05) is 20.8 Å². The Bertz CT molecular complexity index is 583. The number of aromatic nitrogens is 2. The van der Waals surface area contributed by atoms with Crippen LogP contribution in [-0.4, -0.2) is 28.5 Å². The molecule has 0 radical (unpaired) electrons. The Labute approximate surface area is 143 Å². The van der Waals surface area contributed by atoms with Crippen molar-refractivity contribution in [1.82, 2.24) is 20.8 Å². The predicted molar refractivity (Wildman–Crippen MR) is 89.0 cm³/mol. The number of hydrogen-bond acceptors (Lipinski definition) is 5. The first-order valence-corrected chi connectivity index (χ1v) is 8.63. The van der Waals surface area contributed by atoms with Gasteiger partial charge in [0.1, 0.15) is 5.54 Å². The van der Waals surface area contributed by atoms with Gasteiger partial charge in [0.25, 0.3) is 0 Å². The summed E-state index contributed by atoms with van der Waals surface area (Å²) in [5.74, 6) is 1.05. The van der Waals surface area contributed by atoms with E-state index in [2.05, 4.69) is 20.8 Å². The van der Waals surface area contributed by atoms with Gasteiger partial charge in [-0.3, -0.25) is 9.59 Å². The van der Waals surface area contributed by atoms with E-state index < -0.39 is 11.0 Å². The summed E-state index contributed by atoms with van der Waals surface area (Å²) in [6.07, 6.45) is 4.71. The van der Waals surface area contributed by atoms with Crippen molar-refractivity contribution in [2.45, 2.75) is 71.8 Å². The molecule has 0 aliphatic heterocycles. The van der Waals surface area contributed by atoms with E-state index >= 15 is 0 Å². The Morgan fingerprint density at radius 2 is 1.92 bits per heavy atom. The molecule has 0 atom stereocenters. The average molecular weight is 336 g/mol. The van der Waals surface area contributed by atoms with Gasteiger partial charge >= 0.3 is 0 Å². The zero-order valence-electron chi connectivity index (χ0n) is 15.1. The molecule has 1 fully saturated rings. The lowest BCUT2D eigenvalue weighted by molar-refractivity contribution is -0.129.